The fraction of sp³-hybridized carbons (Fsp3) is 0.667. The minimum absolute atomic E-state index is 0.120. The van der Waals surface area contributed by atoms with Gasteiger partial charge in [0.1, 0.15) is 5.82 Å². The molecule has 76 valence electrons. The first-order chi connectivity index (χ1) is 6.77. The molecule has 0 spiro atoms. The Morgan fingerprint density at radius 3 is 2.64 bits per heavy atom. The van der Waals surface area contributed by atoms with Gasteiger partial charge in [-0.3, -0.25) is 5.10 Å². The molecule has 2 rings (SSSR count). The van der Waals surface area contributed by atoms with Crippen LogP contribution in [0, 0.1) is 0 Å². The molecule has 0 amide bonds. The highest BCUT2D eigenvalue weighted by Gasteiger charge is 2.20. The Morgan fingerprint density at radius 2 is 2.07 bits per heavy atom. The van der Waals surface area contributed by atoms with Crippen molar-refractivity contribution in [3.05, 3.63) is 11.6 Å². The first-order valence-corrected chi connectivity index (χ1v) is 4.93. The summed E-state index contributed by atoms with van der Waals surface area (Å²) in [6, 6.07) is 0. The van der Waals surface area contributed by atoms with Gasteiger partial charge in [-0.2, -0.15) is 0 Å². The van der Waals surface area contributed by atoms with E-state index in [9.17, 15) is 4.79 Å². The zero-order chi connectivity index (χ0) is 9.97. The maximum Gasteiger partial charge on any atom is 0.375 e. The molecule has 5 nitrogen and oxygen atoms in total. The van der Waals surface area contributed by atoms with Gasteiger partial charge in [0.15, 0.2) is 0 Å². The summed E-state index contributed by atoms with van der Waals surface area (Å²) >= 11 is 0. The van der Waals surface area contributed by atoms with Gasteiger partial charge in [0.2, 0.25) is 0 Å². The SMILES string of the molecule is O=C(O)c1n[nH]c(C2CCCCC2)n1. The summed E-state index contributed by atoms with van der Waals surface area (Å²) < 4.78 is 0. The second kappa shape index (κ2) is 3.77. The highest BCUT2D eigenvalue weighted by Crippen LogP contribution is 2.30. The maximum absolute atomic E-state index is 10.6. The van der Waals surface area contributed by atoms with E-state index in [2.05, 4.69) is 15.2 Å². The third-order valence-corrected chi connectivity index (χ3v) is 2.69. The van der Waals surface area contributed by atoms with Crippen LogP contribution in [0.3, 0.4) is 0 Å². The summed E-state index contributed by atoms with van der Waals surface area (Å²) in [6.45, 7) is 0. The Balaban J connectivity index is 2.11. The molecule has 1 aromatic rings. The Bertz CT molecular complexity index is 329. The minimum Gasteiger partial charge on any atom is -0.475 e. The van der Waals surface area contributed by atoms with E-state index in [1.54, 1.807) is 0 Å². The summed E-state index contributed by atoms with van der Waals surface area (Å²) in [5, 5.41) is 15.0. The molecule has 0 bridgehead atoms. The lowest BCUT2D eigenvalue weighted by molar-refractivity contribution is 0.0684. The van der Waals surface area contributed by atoms with Gasteiger partial charge in [-0.05, 0) is 12.8 Å². The summed E-state index contributed by atoms with van der Waals surface area (Å²) in [7, 11) is 0. The Kier molecular flexibility index (Phi) is 2.47. The van der Waals surface area contributed by atoms with Gasteiger partial charge >= 0.3 is 5.97 Å². The van der Waals surface area contributed by atoms with Crippen molar-refractivity contribution >= 4 is 5.97 Å². The number of rotatable bonds is 2. The molecule has 1 aliphatic carbocycles. The summed E-state index contributed by atoms with van der Waals surface area (Å²) in [5.74, 6) is -0.0691. The van der Waals surface area contributed by atoms with E-state index in [0.717, 1.165) is 18.7 Å². The number of aromatic carboxylic acids is 1. The van der Waals surface area contributed by atoms with E-state index in [1.165, 1.54) is 19.3 Å². The van der Waals surface area contributed by atoms with Crippen molar-refractivity contribution in [1.82, 2.24) is 15.2 Å². The van der Waals surface area contributed by atoms with E-state index in [0.29, 0.717) is 5.92 Å². The molecule has 1 aliphatic rings. The van der Waals surface area contributed by atoms with Gasteiger partial charge in [-0.1, -0.05) is 19.3 Å². The molecule has 0 saturated heterocycles. The number of carboxylic acids is 1. The molecule has 0 radical (unpaired) electrons. The standard InChI is InChI=1S/C9H13N3O2/c13-9(14)8-10-7(11-12-8)6-4-2-1-3-5-6/h6H,1-5H2,(H,13,14)(H,10,11,12). The zero-order valence-electron chi connectivity index (χ0n) is 7.86. The van der Waals surface area contributed by atoms with Gasteiger partial charge in [-0.15, -0.1) is 5.10 Å². The predicted octanol–water partition coefficient (Wildman–Crippen LogP) is 1.55. The number of carboxylic acid groups (broad SMARTS) is 1. The van der Waals surface area contributed by atoms with Gasteiger partial charge in [-0.25, -0.2) is 9.78 Å². The summed E-state index contributed by atoms with van der Waals surface area (Å²) in [5.41, 5.74) is 0. The number of hydrogen-bond donors (Lipinski definition) is 2. The average Bonchev–Trinajstić information content (AvgIpc) is 2.68. The van der Waals surface area contributed by atoms with Crippen molar-refractivity contribution < 1.29 is 9.90 Å². The molecular formula is C9H13N3O2. The van der Waals surface area contributed by atoms with Crippen molar-refractivity contribution in [2.45, 2.75) is 38.0 Å². The van der Waals surface area contributed by atoms with Crippen LogP contribution < -0.4 is 0 Å². The Hall–Kier alpha value is -1.39. The molecule has 1 fully saturated rings. The van der Waals surface area contributed by atoms with E-state index in [1.807, 2.05) is 0 Å². The predicted molar refractivity (Wildman–Crippen MR) is 49.2 cm³/mol. The molecule has 14 heavy (non-hydrogen) atoms. The van der Waals surface area contributed by atoms with Gasteiger partial charge in [0, 0.05) is 5.92 Å². The molecule has 1 aromatic heterocycles. The van der Waals surface area contributed by atoms with E-state index >= 15 is 0 Å². The number of nitrogens with one attached hydrogen (secondary N) is 1. The molecule has 1 saturated carbocycles. The van der Waals surface area contributed by atoms with E-state index in [-0.39, 0.29) is 5.82 Å². The maximum atomic E-state index is 10.6. The first kappa shape index (κ1) is 9.18. The minimum atomic E-state index is -1.07. The fourth-order valence-corrected chi connectivity index (χ4v) is 1.93. The Morgan fingerprint density at radius 1 is 1.36 bits per heavy atom. The average molecular weight is 195 g/mol. The van der Waals surface area contributed by atoms with Crippen LogP contribution in [0.25, 0.3) is 0 Å². The topological polar surface area (TPSA) is 78.9 Å². The largest absolute Gasteiger partial charge is 0.475 e. The van der Waals surface area contributed by atoms with Crippen molar-refractivity contribution in [3.8, 4) is 0 Å². The number of hydrogen-bond acceptors (Lipinski definition) is 3. The normalized spacial score (nSPS) is 18.3. The smallest absolute Gasteiger partial charge is 0.375 e. The van der Waals surface area contributed by atoms with Gasteiger partial charge < -0.3 is 5.11 Å². The first-order valence-electron chi connectivity index (χ1n) is 4.93. The number of carbonyl (C=O) groups is 1. The second-order valence-electron chi connectivity index (χ2n) is 3.68. The highest BCUT2D eigenvalue weighted by atomic mass is 16.4. The van der Waals surface area contributed by atoms with Crippen LogP contribution >= 0.6 is 0 Å². The fourth-order valence-electron chi connectivity index (χ4n) is 1.93. The molecule has 5 heteroatoms. The van der Waals surface area contributed by atoms with Crippen LogP contribution in [0.1, 0.15) is 54.5 Å². The molecular weight excluding hydrogens is 182 g/mol. The third-order valence-electron chi connectivity index (χ3n) is 2.69. The number of H-pyrrole nitrogens is 1. The number of aromatic nitrogens is 3. The van der Waals surface area contributed by atoms with Crippen LogP contribution in [0.15, 0.2) is 0 Å². The molecule has 0 aromatic carbocycles. The lowest BCUT2D eigenvalue weighted by atomic mass is 9.89. The van der Waals surface area contributed by atoms with E-state index in [4.69, 9.17) is 5.11 Å². The number of nitrogens with zero attached hydrogens (tertiary/aromatic N) is 2. The molecule has 1 heterocycles. The van der Waals surface area contributed by atoms with Crippen LogP contribution in [0.5, 0.6) is 0 Å². The molecule has 0 aliphatic heterocycles. The molecule has 2 N–H and O–H groups in total. The monoisotopic (exact) mass is 195 g/mol. The van der Waals surface area contributed by atoms with Crippen LogP contribution in [-0.4, -0.2) is 26.3 Å². The molecule has 0 unspecified atom stereocenters. The molecule has 0 atom stereocenters. The number of aromatic amines is 1. The highest BCUT2D eigenvalue weighted by molar-refractivity contribution is 5.82. The van der Waals surface area contributed by atoms with Crippen molar-refractivity contribution in [2.24, 2.45) is 0 Å². The van der Waals surface area contributed by atoms with Crippen molar-refractivity contribution in [1.29, 1.82) is 0 Å². The van der Waals surface area contributed by atoms with Crippen molar-refractivity contribution in [3.63, 3.8) is 0 Å². The van der Waals surface area contributed by atoms with Crippen LogP contribution in [-0.2, 0) is 0 Å². The van der Waals surface area contributed by atoms with Gasteiger partial charge in [0.05, 0.1) is 0 Å². The summed E-state index contributed by atoms with van der Waals surface area (Å²) in [6.07, 6.45) is 5.86. The zero-order valence-corrected chi connectivity index (χ0v) is 7.86. The third kappa shape index (κ3) is 1.76. The Labute approximate surface area is 81.6 Å². The van der Waals surface area contributed by atoms with E-state index < -0.39 is 5.97 Å². The lowest BCUT2D eigenvalue weighted by Gasteiger charge is -2.18. The summed E-state index contributed by atoms with van der Waals surface area (Å²) in [4.78, 5) is 14.5. The van der Waals surface area contributed by atoms with Gasteiger partial charge in [0.25, 0.3) is 5.82 Å². The quantitative estimate of drug-likeness (QED) is 0.750. The van der Waals surface area contributed by atoms with Crippen molar-refractivity contribution in [2.75, 3.05) is 0 Å². The van der Waals surface area contributed by atoms with Crippen LogP contribution in [0.2, 0.25) is 0 Å². The second-order valence-corrected chi connectivity index (χ2v) is 3.68. The lowest BCUT2D eigenvalue weighted by Crippen LogP contribution is -2.06. The van der Waals surface area contributed by atoms with Crippen LogP contribution in [0.4, 0.5) is 0 Å².